The molecule has 0 heterocycles. The van der Waals surface area contributed by atoms with E-state index >= 15 is 0 Å². The van der Waals surface area contributed by atoms with Crippen LogP contribution in [0.15, 0.2) is 18.2 Å². The van der Waals surface area contributed by atoms with Crippen molar-refractivity contribution in [3.63, 3.8) is 0 Å². The summed E-state index contributed by atoms with van der Waals surface area (Å²) in [7, 11) is 3.45. The Morgan fingerprint density at radius 1 is 1.53 bits per heavy atom. The first-order valence-electron chi connectivity index (χ1n) is 5.29. The number of ether oxygens (including phenoxy) is 1. The Morgan fingerprint density at radius 3 is 2.76 bits per heavy atom. The number of carboxylic acid groups (broad SMARTS) is 1. The zero-order chi connectivity index (χ0) is 12.8. The topological polar surface area (TPSA) is 49.8 Å². The monoisotopic (exact) mass is 241 g/mol. The van der Waals surface area contributed by atoms with Crippen LogP contribution < -0.4 is 4.90 Å². The average Bonchev–Trinajstić information content (AvgIpc) is 2.28. The fourth-order valence-electron chi connectivity index (χ4n) is 1.49. The Kier molecular flexibility index (Phi) is 4.90. The number of carboxylic acids is 1. The second-order valence-electron chi connectivity index (χ2n) is 3.74. The molecule has 1 rings (SSSR count). The predicted octanol–water partition coefficient (Wildman–Crippen LogP) is 2.00. The van der Waals surface area contributed by atoms with Gasteiger partial charge in [-0.15, -0.1) is 0 Å². The summed E-state index contributed by atoms with van der Waals surface area (Å²) in [5.41, 5.74) is 0.350. The van der Waals surface area contributed by atoms with E-state index in [1.807, 2.05) is 11.9 Å². The Balaban J connectivity index is 2.72. The molecule has 0 atom stereocenters. The Hall–Kier alpha value is -1.62. The molecule has 5 heteroatoms. The van der Waals surface area contributed by atoms with E-state index in [1.54, 1.807) is 13.2 Å². The highest BCUT2D eigenvalue weighted by atomic mass is 19.1. The summed E-state index contributed by atoms with van der Waals surface area (Å²) in [6, 6.07) is 4.11. The predicted molar refractivity (Wildman–Crippen MR) is 63.1 cm³/mol. The zero-order valence-corrected chi connectivity index (χ0v) is 9.94. The van der Waals surface area contributed by atoms with Crippen LogP contribution in [-0.2, 0) is 4.74 Å². The SMILES string of the molecule is COCCCN(C)c1ccc(C(=O)O)c(F)c1. The Morgan fingerprint density at radius 2 is 2.24 bits per heavy atom. The lowest BCUT2D eigenvalue weighted by molar-refractivity contribution is 0.0692. The third kappa shape index (κ3) is 3.71. The van der Waals surface area contributed by atoms with Crippen LogP contribution in [0.1, 0.15) is 16.8 Å². The quantitative estimate of drug-likeness (QED) is 0.774. The molecule has 0 aliphatic rings. The minimum atomic E-state index is -1.25. The highest BCUT2D eigenvalue weighted by Crippen LogP contribution is 2.17. The van der Waals surface area contributed by atoms with Crippen molar-refractivity contribution < 1.29 is 19.0 Å². The minimum absolute atomic E-state index is 0.306. The van der Waals surface area contributed by atoms with E-state index in [-0.39, 0.29) is 5.56 Å². The highest BCUT2D eigenvalue weighted by Gasteiger charge is 2.11. The Labute approximate surface area is 99.6 Å². The van der Waals surface area contributed by atoms with Gasteiger partial charge < -0.3 is 14.7 Å². The van der Waals surface area contributed by atoms with Gasteiger partial charge in [-0.1, -0.05) is 0 Å². The fourth-order valence-corrected chi connectivity index (χ4v) is 1.49. The van der Waals surface area contributed by atoms with Crippen molar-refractivity contribution in [3.8, 4) is 0 Å². The summed E-state index contributed by atoms with van der Waals surface area (Å²) in [6.45, 7) is 1.36. The third-order valence-corrected chi connectivity index (χ3v) is 2.47. The van der Waals surface area contributed by atoms with Crippen molar-refractivity contribution in [3.05, 3.63) is 29.6 Å². The number of nitrogens with zero attached hydrogens (tertiary/aromatic N) is 1. The standard InChI is InChI=1S/C12H16FNO3/c1-14(6-3-7-17-2)9-4-5-10(12(15)16)11(13)8-9/h4-5,8H,3,6-7H2,1-2H3,(H,15,16). The van der Waals surface area contributed by atoms with E-state index in [2.05, 4.69) is 0 Å². The molecule has 0 radical (unpaired) electrons. The molecule has 0 amide bonds. The van der Waals surface area contributed by atoms with Crippen LogP contribution >= 0.6 is 0 Å². The second kappa shape index (κ2) is 6.20. The lowest BCUT2D eigenvalue weighted by Crippen LogP contribution is -2.20. The molecule has 0 unspecified atom stereocenters. The molecule has 0 saturated carbocycles. The lowest BCUT2D eigenvalue weighted by Gasteiger charge is -2.19. The van der Waals surface area contributed by atoms with Crippen LogP contribution in [0.25, 0.3) is 0 Å². The number of halogens is 1. The molecule has 1 aromatic rings. The van der Waals surface area contributed by atoms with Gasteiger partial charge in [-0.05, 0) is 24.6 Å². The van der Waals surface area contributed by atoms with Gasteiger partial charge >= 0.3 is 5.97 Å². The van der Waals surface area contributed by atoms with Gasteiger partial charge in [-0.2, -0.15) is 0 Å². The summed E-state index contributed by atoms with van der Waals surface area (Å²) < 4.78 is 18.3. The largest absolute Gasteiger partial charge is 0.478 e. The third-order valence-electron chi connectivity index (χ3n) is 2.47. The van der Waals surface area contributed by atoms with Crippen molar-refractivity contribution in [2.45, 2.75) is 6.42 Å². The number of aromatic carboxylic acids is 1. The molecule has 0 fully saturated rings. The van der Waals surface area contributed by atoms with Crippen molar-refractivity contribution in [2.24, 2.45) is 0 Å². The first kappa shape index (κ1) is 13.4. The van der Waals surface area contributed by atoms with Crippen LogP contribution in [0.4, 0.5) is 10.1 Å². The summed E-state index contributed by atoms with van der Waals surface area (Å²) >= 11 is 0. The number of methoxy groups -OCH3 is 1. The first-order valence-corrected chi connectivity index (χ1v) is 5.29. The molecule has 1 N–H and O–H groups in total. The van der Waals surface area contributed by atoms with E-state index in [1.165, 1.54) is 12.1 Å². The van der Waals surface area contributed by atoms with Crippen LogP contribution in [0.3, 0.4) is 0 Å². The maximum absolute atomic E-state index is 13.4. The normalized spacial score (nSPS) is 10.3. The van der Waals surface area contributed by atoms with E-state index in [0.717, 1.165) is 13.0 Å². The molecule has 17 heavy (non-hydrogen) atoms. The number of hydrogen-bond donors (Lipinski definition) is 1. The number of carbonyl (C=O) groups is 1. The average molecular weight is 241 g/mol. The molecule has 0 aromatic heterocycles. The van der Waals surface area contributed by atoms with Gasteiger partial charge in [0.25, 0.3) is 0 Å². The molecule has 1 aromatic carbocycles. The van der Waals surface area contributed by atoms with E-state index < -0.39 is 11.8 Å². The van der Waals surface area contributed by atoms with Crippen molar-refractivity contribution >= 4 is 11.7 Å². The molecule has 0 bridgehead atoms. The first-order chi connectivity index (χ1) is 8.06. The molecule has 94 valence electrons. The highest BCUT2D eigenvalue weighted by molar-refractivity contribution is 5.88. The molecular formula is C12H16FNO3. The van der Waals surface area contributed by atoms with Gasteiger partial charge in [-0.25, -0.2) is 9.18 Å². The van der Waals surface area contributed by atoms with E-state index in [4.69, 9.17) is 9.84 Å². The molecule has 0 spiro atoms. The minimum Gasteiger partial charge on any atom is -0.478 e. The summed E-state index contributed by atoms with van der Waals surface area (Å²) in [5, 5.41) is 8.70. The fraction of sp³-hybridized carbons (Fsp3) is 0.417. The van der Waals surface area contributed by atoms with Gasteiger partial charge in [-0.3, -0.25) is 0 Å². The maximum atomic E-state index is 13.4. The van der Waals surface area contributed by atoms with Crippen LogP contribution in [0.5, 0.6) is 0 Å². The summed E-state index contributed by atoms with van der Waals surface area (Å²) in [6.07, 6.45) is 0.829. The zero-order valence-electron chi connectivity index (χ0n) is 9.94. The second-order valence-corrected chi connectivity index (χ2v) is 3.74. The molecule has 0 saturated heterocycles. The van der Waals surface area contributed by atoms with Gasteiger partial charge in [0.2, 0.25) is 0 Å². The number of benzene rings is 1. The van der Waals surface area contributed by atoms with Crippen LogP contribution in [0, 0.1) is 5.82 Å². The number of rotatable bonds is 6. The van der Waals surface area contributed by atoms with Crippen molar-refractivity contribution in [1.82, 2.24) is 0 Å². The van der Waals surface area contributed by atoms with E-state index in [9.17, 15) is 9.18 Å². The summed E-state index contributed by atoms with van der Waals surface area (Å²) in [4.78, 5) is 12.5. The molecule has 4 nitrogen and oxygen atoms in total. The molecule has 0 aliphatic carbocycles. The molecule has 0 aliphatic heterocycles. The van der Waals surface area contributed by atoms with E-state index in [0.29, 0.717) is 12.3 Å². The van der Waals surface area contributed by atoms with Gasteiger partial charge in [0.1, 0.15) is 5.82 Å². The summed E-state index contributed by atoms with van der Waals surface area (Å²) in [5.74, 6) is -1.97. The van der Waals surface area contributed by atoms with Gasteiger partial charge in [0, 0.05) is 33.0 Å². The number of hydrogen-bond acceptors (Lipinski definition) is 3. The number of anilines is 1. The molecular weight excluding hydrogens is 225 g/mol. The van der Waals surface area contributed by atoms with Gasteiger partial charge in [0.05, 0.1) is 5.56 Å². The Bertz CT molecular complexity index is 395. The van der Waals surface area contributed by atoms with Gasteiger partial charge in [0.15, 0.2) is 0 Å². The maximum Gasteiger partial charge on any atom is 0.338 e. The van der Waals surface area contributed by atoms with Crippen molar-refractivity contribution in [1.29, 1.82) is 0 Å². The van der Waals surface area contributed by atoms with Crippen molar-refractivity contribution in [2.75, 3.05) is 32.2 Å². The van der Waals surface area contributed by atoms with Crippen LogP contribution in [-0.4, -0.2) is 38.4 Å². The lowest BCUT2D eigenvalue weighted by atomic mass is 10.2. The van der Waals surface area contributed by atoms with Crippen LogP contribution in [0.2, 0.25) is 0 Å². The smallest absolute Gasteiger partial charge is 0.338 e.